The largest absolute Gasteiger partial charge is 0.493 e. The van der Waals surface area contributed by atoms with E-state index in [1.165, 1.54) is 7.11 Å². The van der Waals surface area contributed by atoms with Crippen LogP contribution >= 0.6 is 0 Å². The molecule has 4 atom stereocenters. The van der Waals surface area contributed by atoms with Gasteiger partial charge in [-0.05, 0) is 37.5 Å². The molecule has 2 aliphatic heterocycles. The highest BCUT2D eigenvalue weighted by Gasteiger charge is 2.59. The van der Waals surface area contributed by atoms with E-state index in [0.717, 1.165) is 18.4 Å². The summed E-state index contributed by atoms with van der Waals surface area (Å²) in [5.74, 6) is 2.66. The van der Waals surface area contributed by atoms with Gasteiger partial charge in [-0.25, -0.2) is 0 Å². The van der Waals surface area contributed by atoms with Crippen LogP contribution in [0.2, 0.25) is 0 Å². The molecule has 1 fully saturated rings. The second-order valence-electron chi connectivity index (χ2n) is 7.82. The molecule has 0 N–H and O–H groups in total. The van der Waals surface area contributed by atoms with Gasteiger partial charge in [-0.2, -0.15) is 0 Å². The average Bonchev–Trinajstić information content (AvgIpc) is 3.29. The van der Waals surface area contributed by atoms with Gasteiger partial charge in [0.25, 0.3) is 0 Å². The number of hydrogen-bond acceptors (Lipinski definition) is 7. The van der Waals surface area contributed by atoms with Crippen molar-refractivity contribution in [2.75, 3.05) is 28.1 Å². The number of methoxy groups -OCH3 is 3. The van der Waals surface area contributed by atoms with Crippen molar-refractivity contribution in [1.82, 2.24) is 0 Å². The van der Waals surface area contributed by atoms with Crippen LogP contribution in [0.5, 0.6) is 17.2 Å². The third kappa shape index (κ3) is 2.86. The topological polar surface area (TPSA) is 72.5 Å². The molecule has 0 bridgehead atoms. The van der Waals surface area contributed by atoms with Gasteiger partial charge in [0, 0.05) is 18.4 Å². The van der Waals surface area contributed by atoms with Crippen molar-refractivity contribution < 1.29 is 33.2 Å². The molecule has 0 amide bonds. The Morgan fingerprint density at radius 3 is 2.62 bits per heavy atom. The molecule has 1 aromatic rings. The molecule has 1 aromatic carbocycles. The summed E-state index contributed by atoms with van der Waals surface area (Å²) in [6.07, 6.45) is 1.60. The summed E-state index contributed by atoms with van der Waals surface area (Å²) in [6, 6.07) is 3.99. The van der Waals surface area contributed by atoms with Gasteiger partial charge in [0.1, 0.15) is 18.0 Å². The first-order valence-electron chi connectivity index (χ1n) is 10.0. The van der Waals surface area contributed by atoms with Crippen LogP contribution < -0.4 is 14.2 Å². The molecule has 1 saturated heterocycles. The molecule has 7 heteroatoms. The number of benzene rings is 1. The Balaban J connectivity index is 1.90. The quantitative estimate of drug-likeness (QED) is 0.718. The van der Waals surface area contributed by atoms with Crippen LogP contribution in [-0.4, -0.2) is 46.1 Å². The predicted molar refractivity (Wildman–Crippen MR) is 104 cm³/mol. The molecule has 0 saturated carbocycles. The molecule has 0 spiro atoms. The van der Waals surface area contributed by atoms with Crippen LogP contribution in [0.1, 0.15) is 44.6 Å². The monoisotopic (exact) mass is 404 g/mol. The molecule has 158 valence electrons. The Labute approximate surface area is 170 Å². The lowest BCUT2D eigenvalue weighted by atomic mass is 9.62. The van der Waals surface area contributed by atoms with E-state index in [9.17, 15) is 4.79 Å². The molecule has 3 aliphatic rings. The second kappa shape index (κ2) is 7.44. The van der Waals surface area contributed by atoms with Crippen molar-refractivity contribution in [2.24, 2.45) is 5.41 Å². The normalized spacial score (nSPS) is 30.2. The third-order valence-corrected chi connectivity index (χ3v) is 6.32. The number of ketones is 1. The number of carbonyl (C=O) groups excluding carboxylic acids is 1. The van der Waals surface area contributed by atoms with E-state index in [1.807, 2.05) is 19.1 Å². The minimum Gasteiger partial charge on any atom is -0.493 e. The van der Waals surface area contributed by atoms with Gasteiger partial charge >= 0.3 is 0 Å². The number of Topliss-reactive ketones (excluding diaryl/α,β-unsaturated/α-hetero) is 1. The van der Waals surface area contributed by atoms with E-state index in [1.54, 1.807) is 14.2 Å². The van der Waals surface area contributed by atoms with Crippen LogP contribution in [0, 0.1) is 5.41 Å². The Bertz CT molecular complexity index is 846. The maximum absolute atomic E-state index is 12.8. The van der Waals surface area contributed by atoms with E-state index in [0.29, 0.717) is 29.4 Å². The molecule has 1 aliphatic carbocycles. The van der Waals surface area contributed by atoms with Crippen LogP contribution in [0.25, 0.3) is 0 Å². The standard InChI is InChI=1S/C22H28O7/c1-6-7-22-10-16(25-4)18(23)20(26-5)21(22)29-12(2)17(22)13-8-14(24-3)19-15(9-13)27-11-28-19/h8-9,12,16-17H,6-7,10-11H2,1-5H3. The Hall–Kier alpha value is -2.41. The van der Waals surface area contributed by atoms with Crippen LogP contribution in [-0.2, 0) is 19.0 Å². The van der Waals surface area contributed by atoms with E-state index in [2.05, 4.69) is 6.92 Å². The zero-order valence-electron chi connectivity index (χ0n) is 17.6. The Morgan fingerprint density at radius 2 is 1.97 bits per heavy atom. The summed E-state index contributed by atoms with van der Waals surface area (Å²) in [4.78, 5) is 12.8. The summed E-state index contributed by atoms with van der Waals surface area (Å²) in [6.45, 7) is 4.34. The smallest absolute Gasteiger partial charge is 0.231 e. The average molecular weight is 404 g/mol. The fourth-order valence-electron chi connectivity index (χ4n) is 5.26. The van der Waals surface area contributed by atoms with Crippen molar-refractivity contribution in [2.45, 2.75) is 51.2 Å². The number of fused-ring (bicyclic) bond motifs is 2. The Morgan fingerprint density at radius 1 is 1.17 bits per heavy atom. The minimum atomic E-state index is -0.562. The van der Waals surface area contributed by atoms with Crippen LogP contribution in [0.3, 0.4) is 0 Å². The van der Waals surface area contributed by atoms with E-state index in [4.69, 9.17) is 28.4 Å². The van der Waals surface area contributed by atoms with Crippen molar-refractivity contribution in [3.05, 3.63) is 29.2 Å². The maximum atomic E-state index is 12.8. The number of rotatable bonds is 6. The van der Waals surface area contributed by atoms with Gasteiger partial charge in [-0.3, -0.25) is 4.79 Å². The first-order chi connectivity index (χ1) is 14.0. The molecule has 29 heavy (non-hydrogen) atoms. The lowest BCUT2D eigenvalue weighted by molar-refractivity contribution is -0.132. The maximum Gasteiger partial charge on any atom is 0.231 e. The molecule has 0 aromatic heterocycles. The summed E-state index contributed by atoms with van der Waals surface area (Å²) < 4.78 is 34.2. The van der Waals surface area contributed by atoms with Crippen molar-refractivity contribution in [1.29, 1.82) is 0 Å². The zero-order valence-corrected chi connectivity index (χ0v) is 17.6. The number of carbonyl (C=O) groups is 1. The minimum absolute atomic E-state index is 0.0169. The van der Waals surface area contributed by atoms with Gasteiger partial charge in [0.15, 0.2) is 11.5 Å². The fraction of sp³-hybridized carbons (Fsp3) is 0.591. The molecule has 0 radical (unpaired) electrons. The van der Waals surface area contributed by atoms with Gasteiger partial charge in [0.2, 0.25) is 24.1 Å². The summed E-state index contributed by atoms with van der Waals surface area (Å²) >= 11 is 0. The number of allylic oxidation sites excluding steroid dienone is 1. The lowest BCUT2D eigenvalue weighted by Gasteiger charge is -2.40. The molecule has 4 rings (SSSR count). The molecular weight excluding hydrogens is 376 g/mol. The first-order valence-corrected chi connectivity index (χ1v) is 10.0. The molecule has 2 heterocycles. The van der Waals surface area contributed by atoms with Gasteiger partial charge in [0.05, 0.1) is 14.2 Å². The second-order valence-corrected chi connectivity index (χ2v) is 7.82. The van der Waals surface area contributed by atoms with Crippen molar-refractivity contribution in [3.63, 3.8) is 0 Å². The van der Waals surface area contributed by atoms with Crippen molar-refractivity contribution in [3.8, 4) is 17.2 Å². The van der Waals surface area contributed by atoms with Crippen molar-refractivity contribution >= 4 is 5.78 Å². The van der Waals surface area contributed by atoms with Gasteiger partial charge < -0.3 is 28.4 Å². The highest BCUT2D eigenvalue weighted by atomic mass is 16.7. The fourth-order valence-corrected chi connectivity index (χ4v) is 5.26. The van der Waals surface area contributed by atoms with Crippen LogP contribution in [0.15, 0.2) is 23.7 Å². The predicted octanol–water partition coefficient (Wildman–Crippen LogP) is 3.56. The van der Waals surface area contributed by atoms with Gasteiger partial charge in [-0.15, -0.1) is 0 Å². The van der Waals surface area contributed by atoms with E-state index >= 15 is 0 Å². The van der Waals surface area contributed by atoms with E-state index in [-0.39, 0.29) is 30.4 Å². The molecule has 7 nitrogen and oxygen atoms in total. The first kappa shape index (κ1) is 19.9. The molecular formula is C22H28O7. The van der Waals surface area contributed by atoms with Crippen LogP contribution in [0.4, 0.5) is 0 Å². The highest BCUT2D eigenvalue weighted by molar-refractivity contribution is 5.99. The summed E-state index contributed by atoms with van der Waals surface area (Å²) in [7, 11) is 4.70. The third-order valence-electron chi connectivity index (χ3n) is 6.32. The van der Waals surface area contributed by atoms with Gasteiger partial charge in [-0.1, -0.05) is 13.3 Å². The lowest BCUT2D eigenvalue weighted by Crippen LogP contribution is -2.42. The zero-order chi connectivity index (χ0) is 20.8. The Kier molecular flexibility index (Phi) is 5.11. The highest BCUT2D eigenvalue weighted by Crippen LogP contribution is 2.61. The number of hydrogen-bond donors (Lipinski definition) is 0. The van der Waals surface area contributed by atoms with E-state index < -0.39 is 11.5 Å². The summed E-state index contributed by atoms with van der Waals surface area (Å²) in [5, 5.41) is 0. The number of ether oxygens (including phenoxy) is 6. The summed E-state index contributed by atoms with van der Waals surface area (Å²) in [5.41, 5.74) is 0.619. The SMILES string of the molecule is CCCC12CC(OC)C(=O)C(OC)=C1OC(C)C2c1cc(OC)c2c(c1)OCO2. The molecule has 4 unspecified atom stereocenters.